The van der Waals surface area contributed by atoms with E-state index in [4.69, 9.17) is 17.3 Å². The molecule has 0 unspecified atom stereocenters. The summed E-state index contributed by atoms with van der Waals surface area (Å²) in [6, 6.07) is 8.46. The third-order valence-corrected chi connectivity index (χ3v) is 3.15. The van der Waals surface area contributed by atoms with Crippen molar-refractivity contribution in [3.05, 3.63) is 52.8 Å². The number of nitrogens with zero attached hydrogens (tertiary/aromatic N) is 1. The van der Waals surface area contributed by atoms with Gasteiger partial charge in [0.25, 0.3) is 0 Å². The van der Waals surface area contributed by atoms with Gasteiger partial charge >= 0.3 is 5.97 Å². The molecule has 0 aliphatic carbocycles. The van der Waals surface area contributed by atoms with Crippen LogP contribution in [-0.2, 0) is 0 Å². The number of hydrogen-bond acceptors (Lipinski definition) is 3. The van der Waals surface area contributed by atoms with E-state index in [0.717, 1.165) is 0 Å². The predicted octanol–water partition coefficient (Wildman–Crippen LogP) is 3.53. The van der Waals surface area contributed by atoms with Gasteiger partial charge in [-0.2, -0.15) is 0 Å². The normalized spacial score (nSPS) is 10.3. The van der Waals surface area contributed by atoms with Gasteiger partial charge in [-0.15, -0.1) is 0 Å². The summed E-state index contributed by atoms with van der Waals surface area (Å²) in [5, 5.41) is 9.47. The van der Waals surface area contributed by atoms with Crippen LogP contribution in [-0.4, -0.2) is 18.1 Å². The SMILES string of the molecule is CN(c1ccc(F)cc1)c1c(Cl)cc(N)cc1C(=O)O. The second-order valence-corrected chi connectivity index (χ2v) is 4.65. The third-order valence-electron chi connectivity index (χ3n) is 2.87. The van der Waals surface area contributed by atoms with Crippen molar-refractivity contribution in [2.75, 3.05) is 17.7 Å². The van der Waals surface area contributed by atoms with Gasteiger partial charge in [-0.25, -0.2) is 9.18 Å². The molecule has 0 aliphatic heterocycles. The van der Waals surface area contributed by atoms with Gasteiger partial charge < -0.3 is 15.7 Å². The first kappa shape index (κ1) is 14.1. The lowest BCUT2D eigenvalue weighted by Gasteiger charge is -2.23. The highest BCUT2D eigenvalue weighted by Gasteiger charge is 2.19. The van der Waals surface area contributed by atoms with Gasteiger partial charge in [0.05, 0.1) is 16.3 Å². The number of nitrogens with two attached hydrogens (primary N) is 1. The van der Waals surface area contributed by atoms with Crippen molar-refractivity contribution < 1.29 is 14.3 Å². The van der Waals surface area contributed by atoms with Crippen molar-refractivity contribution in [3.8, 4) is 0 Å². The summed E-state index contributed by atoms with van der Waals surface area (Å²) < 4.78 is 12.9. The molecule has 0 radical (unpaired) electrons. The standard InChI is InChI=1S/C14H12ClFN2O2/c1-18(10-4-2-8(16)3-5-10)13-11(14(19)20)6-9(17)7-12(13)15/h2-7H,17H2,1H3,(H,19,20). The van der Waals surface area contributed by atoms with Crippen LogP contribution in [0.2, 0.25) is 5.02 Å². The van der Waals surface area contributed by atoms with E-state index in [1.54, 1.807) is 11.9 Å². The number of carboxylic acid groups (broad SMARTS) is 1. The molecule has 0 saturated carbocycles. The van der Waals surface area contributed by atoms with Gasteiger partial charge in [-0.05, 0) is 36.4 Å². The predicted molar refractivity (Wildman–Crippen MR) is 77.3 cm³/mol. The van der Waals surface area contributed by atoms with Crippen molar-refractivity contribution in [1.82, 2.24) is 0 Å². The quantitative estimate of drug-likeness (QED) is 0.850. The summed E-state index contributed by atoms with van der Waals surface area (Å²) in [6.45, 7) is 0. The van der Waals surface area contributed by atoms with Crippen molar-refractivity contribution in [2.45, 2.75) is 0 Å². The van der Waals surface area contributed by atoms with Crippen LogP contribution in [0, 0.1) is 5.82 Å². The highest BCUT2D eigenvalue weighted by molar-refractivity contribution is 6.34. The molecule has 4 nitrogen and oxygen atoms in total. The van der Waals surface area contributed by atoms with E-state index in [0.29, 0.717) is 11.4 Å². The Labute approximate surface area is 120 Å². The fourth-order valence-electron chi connectivity index (χ4n) is 1.92. The van der Waals surface area contributed by atoms with Gasteiger partial charge in [0, 0.05) is 18.4 Å². The van der Waals surface area contributed by atoms with Crippen LogP contribution in [0.1, 0.15) is 10.4 Å². The number of halogens is 2. The van der Waals surface area contributed by atoms with Gasteiger partial charge in [-0.1, -0.05) is 11.6 Å². The average molecular weight is 295 g/mol. The smallest absolute Gasteiger partial charge is 0.337 e. The van der Waals surface area contributed by atoms with Crippen molar-refractivity contribution in [3.63, 3.8) is 0 Å². The number of rotatable bonds is 3. The van der Waals surface area contributed by atoms with E-state index in [1.165, 1.54) is 36.4 Å². The number of carboxylic acids is 1. The van der Waals surface area contributed by atoms with Gasteiger partial charge in [0.15, 0.2) is 0 Å². The Morgan fingerprint density at radius 2 is 1.90 bits per heavy atom. The zero-order valence-electron chi connectivity index (χ0n) is 10.6. The molecular weight excluding hydrogens is 283 g/mol. The Kier molecular flexibility index (Phi) is 3.81. The molecule has 2 aromatic carbocycles. The minimum Gasteiger partial charge on any atom is -0.478 e. The molecule has 104 valence electrons. The number of carbonyl (C=O) groups is 1. The van der Waals surface area contributed by atoms with Crippen LogP contribution in [0.15, 0.2) is 36.4 Å². The van der Waals surface area contributed by atoms with Gasteiger partial charge in [0.2, 0.25) is 0 Å². The molecule has 0 atom stereocenters. The van der Waals surface area contributed by atoms with E-state index < -0.39 is 5.97 Å². The molecule has 0 fully saturated rings. The maximum atomic E-state index is 12.9. The van der Waals surface area contributed by atoms with Crippen LogP contribution in [0.3, 0.4) is 0 Å². The minimum atomic E-state index is -1.14. The lowest BCUT2D eigenvalue weighted by molar-refractivity contribution is 0.0697. The molecular formula is C14H12ClFN2O2. The Morgan fingerprint density at radius 3 is 2.45 bits per heavy atom. The molecule has 0 spiro atoms. The summed E-state index contributed by atoms with van der Waals surface area (Å²) in [4.78, 5) is 12.9. The lowest BCUT2D eigenvalue weighted by Crippen LogP contribution is -2.15. The monoisotopic (exact) mass is 294 g/mol. The molecule has 0 aromatic heterocycles. The lowest BCUT2D eigenvalue weighted by atomic mass is 10.1. The maximum Gasteiger partial charge on any atom is 0.337 e. The van der Waals surface area contributed by atoms with E-state index in [9.17, 15) is 14.3 Å². The average Bonchev–Trinajstić information content (AvgIpc) is 2.37. The number of nitrogen functional groups attached to an aromatic ring is 1. The van der Waals surface area contributed by atoms with Crippen LogP contribution in [0.5, 0.6) is 0 Å². The molecule has 0 saturated heterocycles. The largest absolute Gasteiger partial charge is 0.478 e. The van der Waals surface area contributed by atoms with Crippen LogP contribution in [0.4, 0.5) is 21.5 Å². The minimum absolute atomic E-state index is 0.0122. The van der Waals surface area contributed by atoms with Crippen molar-refractivity contribution in [1.29, 1.82) is 0 Å². The highest BCUT2D eigenvalue weighted by atomic mass is 35.5. The Balaban J connectivity index is 2.56. The van der Waals surface area contributed by atoms with E-state index in [-0.39, 0.29) is 22.1 Å². The number of hydrogen-bond donors (Lipinski definition) is 2. The fraction of sp³-hybridized carbons (Fsp3) is 0.0714. The summed E-state index contributed by atoms with van der Waals surface area (Å²) in [6.07, 6.45) is 0. The first-order valence-corrected chi connectivity index (χ1v) is 6.09. The Bertz CT molecular complexity index is 659. The zero-order valence-corrected chi connectivity index (χ0v) is 11.4. The van der Waals surface area contributed by atoms with Gasteiger partial charge in [-0.3, -0.25) is 0 Å². The third kappa shape index (κ3) is 2.67. The zero-order chi connectivity index (χ0) is 14.9. The molecule has 0 bridgehead atoms. The van der Waals surface area contributed by atoms with E-state index >= 15 is 0 Å². The summed E-state index contributed by atoms with van der Waals surface area (Å²) >= 11 is 6.10. The fourth-order valence-corrected chi connectivity index (χ4v) is 2.27. The molecule has 2 rings (SSSR count). The summed E-state index contributed by atoms with van der Waals surface area (Å²) in [7, 11) is 1.65. The molecule has 0 aliphatic rings. The second-order valence-electron chi connectivity index (χ2n) is 4.24. The molecule has 3 N–H and O–H groups in total. The van der Waals surface area contributed by atoms with Crippen LogP contribution >= 0.6 is 11.6 Å². The Hall–Kier alpha value is -2.27. The second kappa shape index (κ2) is 5.38. The Morgan fingerprint density at radius 1 is 1.30 bits per heavy atom. The molecule has 20 heavy (non-hydrogen) atoms. The topological polar surface area (TPSA) is 66.6 Å². The van der Waals surface area contributed by atoms with Crippen LogP contribution in [0.25, 0.3) is 0 Å². The molecule has 6 heteroatoms. The highest BCUT2D eigenvalue weighted by Crippen LogP contribution is 2.35. The first-order valence-electron chi connectivity index (χ1n) is 5.71. The van der Waals surface area contributed by atoms with E-state index in [1.807, 2.05) is 0 Å². The summed E-state index contributed by atoms with van der Waals surface area (Å²) in [5.74, 6) is -1.51. The summed E-state index contributed by atoms with van der Waals surface area (Å²) in [5.41, 5.74) is 6.78. The molecule has 0 amide bonds. The van der Waals surface area contributed by atoms with Crippen molar-refractivity contribution in [2.24, 2.45) is 0 Å². The first-order chi connectivity index (χ1) is 9.40. The number of anilines is 3. The number of aromatic carboxylic acids is 1. The maximum absolute atomic E-state index is 12.9. The molecule has 2 aromatic rings. The number of benzene rings is 2. The van der Waals surface area contributed by atoms with Crippen molar-refractivity contribution >= 4 is 34.6 Å². The van der Waals surface area contributed by atoms with Gasteiger partial charge in [0.1, 0.15) is 5.82 Å². The molecule has 0 heterocycles. The van der Waals surface area contributed by atoms with Crippen LogP contribution < -0.4 is 10.6 Å². The van der Waals surface area contributed by atoms with E-state index in [2.05, 4.69) is 0 Å².